The van der Waals surface area contributed by atoms with E-state index in [1.807, 2.05) is 0 Å². The number of nitrogens with two attached hydrogens (primary N) is 1. The molecule has 0 saturated carbocycles. The number of benzene rings is 1. The first-order valence-corrected chi connectivity index (χ1v) is 4.56. The first-order valence-electron chi connectivity index (χ1n) is 4.56. The number of carboxylic acids is 1. The van der Waals surface area contributed by atoms with Gasteiger partial charge in [0, 0.05) is 12.2 Å². The monoisotopic (exact) mass is 217 g/mol. The summed E-state index contributed by atoms with van der Waals surface area (Å²) >= 11 is 0. The van der Waals surface area contributed by atoms with Crippen LogP contribution < -0.4 is 5.73 Å². The fourth-order valence-electron chi connectivity index (χ4n) is 1.11. The maximum atomic E-state index is 10.5. The van der Waals surface area contributed by atoms with E-state index in [2.05, 4.69) is 0 Å². The number of amides is 1. The van der Waals surface area contributed by atoms with Crippen LogP contribution in [0.5, 0.6) is 0 Å². The van der Waals surface area contributed by atoms with Crippen molar-refractivity contribution in [2.24, 2.45) is 5.73 Å². The van der Waals surface area contributed by atoms with E-state index in [0.29, 0.717) is 0 Å². The predicted molar refractivity (Wildman–Crippen MR) is 61.3 cm³/mol. The van der Waals surface area contributed by atoms with Gasteiger partial charge in [-0.1, -0.05) is 18.2 Å². The molecule has 16 heavy (non-hydrogen) atoms. The van der Waals surface area contributed by atoms with Gasteiger partial charge in [0.25, 0.3) is 0 Å². The van der Waals surface area contributed by atoms with E-state index in [4.69, 9.17) is 10.8 Å². The summed E-state index contributed by atoms with van der Waals surface area (Å²) in [5.41, 5.74) is 6.49. The Morgan fingerprint density at radius 1 is 1.12 bits per heavy atom. The molecule has 4 nitrogen and oxygen atoms in total. The molecule has 1 aromatic carbocycles. The van der Waals surface area contributed by atoms with Crippen LogP contribution in [0.3, 0.4) is 0 Å². The molecule has 1 rings (SSSR count). The Balaban J connectivity index is 2.87. The van der Waals surface area contributed by atoms with Gasteiger partial charge in [0.1, 0.15) is 0 Å². The molecule has 0 saturated heterocycles. The van der Waals surface area contributed by atoms with E-state index in [0.717, 1.165) is 17.2 Å². The van der Waals surface area contributed by atoms with Crippen LogP contribution in [-0.2, 0) is 9.59 Å². The Bertz CT molecular complexity index is 422. The zero-order valence-electron chi connectivity index (χ0n) is 8.46. The van der Waals surface area contributed by atoms with Crippen molar-refractivity contribution in [3.63, 3.8) is 0 Å². The molecule has 0 aliphatic carbocycles. The summed E-state index contributed by atoms with van der Waals surface area (Å²) in [6, 6.07) is 7.07. The number of primary amides is 1. The highest BCUT2D eigenvalue weighted by atomic mass is 16.4. The van der Waals surface area contributed by atoms with E-state index in [1.54, 1.807) is 30.3 Å². The van der Waals surface area contributed by atoms with Gasteiger partial charge in [-0.15, -0.1) is 0 Å². The molecule has 4 heteroatoms. The topological polar surface area (TPSA) is 80.4 Å². The Morgan fingerprint density at radius 2 is 1.69 bits per heavy atom. The van der Waals surface area contributed by atoms with Crippen LogP contribution in [0.15, 0.2) is 36.4 Å². The minimum atomic E-state index is -1.00. The van der Waals surface area contributed by atoms with E-state index in [9.17, 15) is 9.59 Å². The van der Waals surface area contributed by atoms with Gasteiger partial charge in [0.15, 0.2) is 0 Å². The van der Waals surface area contributed by atoms with Gasteiger partial charge in [-0.2, -0.15) is 0 Å². The molecule has 0 aromatic heterocycles. The Hall–Kier alpha value is -2.36. The highest BCUT2D eigenvalue weighted by molar-refractivity contribution is 5.90. The van der Waals surface area contributed by atoms with Crippen molar-refractivity contribution in [2.45, 2.75) is 0 Å². The Labute approximate surface area is 92.7 Å². The molecule has 0 aliphatic heterocycles. The van der Waals surface area contributed by atoms with Crippen molar-refractivity contribution < 1.29 is 14.7 Å². The third kappa shape index (κ3) is 4.23. The number of hydrogen-bond acceptors (Lipinski definition) is 2. The molecule has 0 aliphatic rings. The SMILES string of the molecule is NC(=O)C=Cc1cccc(C=CC(=O)O)c1. The average Bonchev–Trinajstić information content (AvgIpc) is 2.24. The lowest BCUT2D eigenvalue weighted by Crippen LogP contribution is -2.05. The molecular formula is C12H11NO3. The van der Waals surface area contributed by atoms with Crippen molar-refractivity contribution in [3.05, 3.63) is 47.5 Å². The molecular weight excluding hydrogens is 206 g/mol. The molecule has 0 spiro atoms. The summed E-state index contributed by atoms with van der Waals surface area (Å²) in [6.07, 6.45) is 5.35. The first kappa shape index (κ1) is 11.7. The fourth-order valence-corrected chi connectivity index (χ4v) is 1.11. The van der Waals surface area contributed by atoms with Crippen molar-refractivity contribution in [2.75, 3.05) is 0 Å². The van der Waals surface area contributed by atoms with Crippen molar-refractivity contribution >= 4 is 24.0 Å². The molecule has 0 bridgehead atoms. The quantitative estimate of drug-likeness (QED) is 0.745. The predicted octanol–water partition coefficient (Wildman–Crippen LogP) is 1.28. The highest BCUT2D eigenvalue weighted by Crippen LogP contribution is 2.08. The lowest BCUT2D eigenvalue weighted by atomic mass is 10.1. The summed E-state index contributed by atoms with van der Waals surface area (Å²) in [5.74, 6) is -1.52. The second-order valence-electron chi connectivity index (χ2n) is 3.08. The Kier molecular flexibility index (Phi) is 4.03. The summed E-state index contributed by atoms with van der Waals surface area (Å²) in [4.78, 5) is 20.8. The van der Waals surface area contributed by atoms with Gasteiger partial charge in [-0.05, 0) is 29.3 Å². The van der Waals surface area contributed by atoms with Gasteiger partial charge in [-0.25, -0.2) is 4.79 Å². The largest absolute Gasteiger partial charge is 0.478 e. The second-order valence-corrected chi connectivity index (χ2v) is 3.08. The van der Waals surface area contributed by atoms with Crippen LogP contribution in [0.1, 0.15) is 11.1 Å². The molecule has 1 aromatic rings. The number of hydrogen-bond donors (Lipinski definition) is 2. The molecule has 0 fully saturated rings. The lowest BCUT2D eigenvalue weighted by molar-refractivity contribution is -0.131. The molecule has 0 unspecified atom stereocenters. The van der Waals surface area contributed by atoms with E-state index >= 15 is 0 Å². The van der Waals surface area contributed by atoms with Crippen LogP contribution >= 0.6 is 0 Å². The highest BCUT2D eigenvalue weighted by Gasteiger charge is 1.92. The van der Waals surface area contributed by atoms with Crippen LogP contribution in [0.2, 0.25) is 0 Å². The maximum absolute atomic E-state index is 10.5. The third-order valence-electron chi connectivity index (χ3n) is 1.77. The Morgan fingerprint density at radius 3 is 2.19 bits per heavy atom. The molecule has 0 heterocycles. The molecule has 3 N–H and O–H groups in total. The smallest absolute Gasteiger partial charge is 0.328 e. The minimum Gasteiger partial charge on any atom is -0.478 e. The van der Waals surface area contributed by atoms with Gasteiger partial charge < -0.3 is 10.8 Å². The summed E-state index contributed by atoms with van der Waals surface area (Å²) in [6.45, 7) is 0. The van der Waals surface area contributed by atoms with E-state index < -0.39 is 11.9 Å². The average molecular weight is 217 g/mol. The third-order valence-corrected chi connectivity index (χ3v) is 1.77. The molecule has 1 amide bonds. The normalized spacial score (nSPS) is 11.0. The number of aliphatic carboxylic acids is 1. The van der Waals surface area contributed by atoms with Gasteiger partial charge in [-0.3, -0.25) is 4.79 Å². The van der Waals surface area contributed by atoms with Gasteiger partial charge in [0.2, 0.25) is 5.91 Å². The molecule has 82 valence electrons. The first-order chi connectivity index (χ1) is 7.58. The van der Waals surface area contributed by atoms with E-state index in [1.165, 1.54) is 12.2 Å². The molecule has 0 radical (unpaired) electrons. The zero-order valence-corrected chi connectivity index (χ0v) is 8.46. The number of carbonyl (C=O) groups is 2. The minimum absolute atomic E-state index is 0.522. The number of rotatable bonds is 4. The summed E-state index contributed by atoms with van der Waals surface area (Å²) in [7, 11) is 0. The van der Waals surface area contributed by atoms with Gasteiger partial charge in [0.05, 0.1) is 0 Å². The van der Waals surface area contributed by atoms with Crippen LogP contribution in [-0.4, -0.2) is 17.0 Å². The lowest BCUT2D eigenvalue weighted by Gasteiger charge is -1.95. The zero-order chi connectivity index (χ0) is 12.0. The van der Waals surface area contributed by atoms with Crippen molar-refractivity contribution in [1.29, 1.82) is 0 Å². The summed E-state index contributed by atoms with van der Waals surface area (Å²) < 4.78 is 0. The van der Waals surface area contributed by atoms with Crippen LogP contribution in [0, 0.1) is 0 Å². The fraction of sp³-hybridized carbons (Fsp3) is 0. The second kappa shape index (κ2) is 5.50. The summed E-state index contributed by atoms with van der Waals surface area (Å²) in [5, 5.41) is 8.46. The number of carbonyl (C=O) groups excluding carboxylic acids is 1. The maximum Gasteiger partial charge on any atom is 0.328 e. The molecule has 0 atom stereocenters. The standard InChI is InChI=1S/C12H11NO3/c13-11(14)6-4-9-2-1-3-10(8-9)5-7-12(15)16/h1-8H,(H2,13,14)(H,15,16). The van der Waals surface area contributed by atoms with Crippen LogP contribution in [0.4, 0.5) is 0 Å². The van der Waals surface area contributed by atoms with Crippen LogP contribution in [0.25, 0.3) is 12.2 Å². The van der Waals surface area contributed by atoms with Crippen molar-refractivity contribution in [1.82, 2.24) is 0 Å². The van der Waals surface area contributed by atoms with E-state index in [-0.39, 0.29) is 0 Å². The number of carboxylic acid groups (broad SMARTS) is 1. The van der Waals surface area contributed by atoms with Gasteiger partial charge >= 0.3 is 5.97 Å². The van der Waals surface area contributed by atoms with Crippen molar-refractivity contribution in [3.8, 4) is 0 Å².